The van der Waals surface area contributed by atoms with E-state index < -0.39 is 6.17 Å². The van der Waals surface area contributed by atoms with Crippen LogP contribution >= 0.6 is 0 Å². The van der Waals surface area contributed by atoms with Gasteiger partial charge in [-0.25, -0.2) is 9.98 Å². The number of para-hydroxylation sites is 1. The highest BCUT2D eigenvalue weighted by Gasteiger charge is 2.27. The minimum atomic E-state index is -0.970. The maximum atomic E-state index is 12.8. The summed E-state index contributed by atoms with van der Waals surface area (Å²) in [7, 11) is 0. The number of anilines is 2. The largest absolute Gasteiger partial charge is 0.402 e. The second-order valence-electron chi connectivity index (χ2n) is 6.43. The molecule has 2 aromatic carbocycles. The molecule has 0 fully saturated rings. The monoisotopic (exact) mass is 397 g/mol. The molecule has 146 valence electrons. The molecular formula is C21H15N7O2. The summed E-state index contributed by atoms with van der Waals surface area (Å²) in [5.74, 6) is -0.150. The molecule has 5 rings (SSSR count). The number of benzodiazepines with no additional fused rings is 1. The van der Waals surface area contributed by atoms with Gasteiger partial charge in [-0.1, -0.05) is 53.6 Å². The van der Waals surface area contributed by atoms with Gasteiger partial charge in [0.25, 0.3) is 11.8 Å². The Balaban J connectivity index is 1.51. The SMILES string of the molecule is O=C1Nc2ccccc2C(c2ccccc2)=N[C@@H]1Nc1nnc(-c2cnccn2)o1. The van der Waals surface area contributed by atoms with Crippen molar-refractivity contribution in [2.45, 2.75) is 6.17 Å². The lowest BCUT2D eigenvalue weighted by atomic mass is 10.0. The van der Waals surface area contributed by atoms with Gasteiger partial charge >= 0.3 is 6.01 Å². The Morgan fingerprint density at radius 2 is 1.80 bits per heavy atom. The van der Waals surface area contributed by atoms with Gasteiger partial charge in [-0.15, -0.1) is 5.10 Å². The van der Waals surface area contributed by atoms with Crippen LogP contribution in [0, 0.1) is 0 Å². The number of fused-ring (bicyclic) bond motifs is 1. The van der Waals surface area contributed by atoms with E-state index in [2.05, 4.69) is 35.8 Å². The quantitative estimate of drug-likeness (QED) is 0.543. The summed E-state index contributed by atoms with van der Waals surface area (Å²) in [6.07, 6.45) is 3.62. The van der Waals surface area contributed by atoms with Crippen LogP contribution in [0.15, 0.2) is 82.6 Å². The number of aliphatic imine (C=N–C) groups is 1. The molecule has 1 amide bonds. The third kappa shape index (κ3) is 3.39. The number of aromatic nitrogens is 4. The van der Waals surface area contributed by atoms with E-state index in [0.29, 0.717) is 17.1 Å². The number of hydrogen-bond acceptors (Lipinski definition) is 8. The number of rotatable bonds is 4. The number of nitrogens with zero attached hydrogens (tertiary/aromatic N) is 5. The predicted octanol–water partition coefficient (Wildman–Crippen LogP) is 2.75. The van der Waals surface area contributed by atoms with E-state index in [1.807, 2.05) is 54.6 Å². The second-order valence-corrected chi connectivity index (χ2v) is 6.43. The number of nitrogens with one attached hydrogen (secondary N) is 2. The molecule has 3 heterocycles. The van der Waals surface area contributed by atoms with Gasteiger partial charge in [0.1, 0.15) is 5.69 Å². The fourth-order valence-corrected chi connectivity index (χ4v) is 3.09. The zero-order valence-electron chi connectivity index (χ0n) is 15.6. The molecule has 0 aliphatic carbocycles. The topological polar surface area (TPSA) is 118 Å². The van der Waals surface area contributed by atoms with Gasteiger partial charge in [0, 0.05) is 23.5 Å². The van der Waals surface area contributed by atoms with Gasteiger partial charge in [-0.2, -0.15) is 0 Å². The van der Waals surface area contributed by atoms with E-state index >= 15 is 0 Å². The molecule has 2 aromatic heterocycles. The summed E-state index contributed by atoms with van der Waals surface area (Å²) in [5.41, 5.74) is 3.51. The highest BCUT2D eigenvalue weighted by molar-refractivity contribution is 6.19. The second kappa shape index (κ2) is 7.55. The average Bonchev–Trinajstić information content (AvgIpc) is 3.21. The Morgan fingerprint density at radius 3 is 2.63 bits per heavy atom. The number of benzene rings is 2. The highest BCUT2D eigenvalue weighted by atomic mass is 16.4. The lowest BCUT2D eigenvalue weighted by molar-refractivity contribution is -0.116. The highest BCUT2D eigenvalue weighted by Crippen LogP contribution is 2.25. The smallest absolute Gasteiger partial charge is 0.317 e. The third-order valence-corrected chi connectivity index (χ3v) is 4.46. The van der Waals surface area contributed by atoms with Crippen LogP contribution in [0.2, 0.25) is 0 Å². The molecule has 9 heteroatoms. The van der Waals surface area contributed by atoms with Crippen molar-refractivity contribution in [3.05, 3.63) is 84.3 Å². The van der Waals surface area contributed by atoms with Gasteiger partial charge in [0.2, 0.25) is 6.17 Å². The van der Waals surface area contributed by atoms with Crippen molar-refractivity contribution in [1.82, 2.24) is 20.2 Å². The molecule has 9 nitrogen and oxygen atoms in total. The van der Waals surface area contributed by atoms with Crippen LogP contribution in [0.3, 0.4) is 0 Å². The van der Waals surface area contributed by atoms with Crippen LogP contribution in [0.25, 0.3) is 11.6 Å². The van der Waals surface area contributed by atoms with Gasteiger partial charge in [-0.05, 0) is 6.07 Å². The first-order valence-electron chi connectivity index (χ1n) is 9.18. The summed E-state index contributed by atoms with van der Waals surface area (Å²) in [6.45, 7) is 0. The van der Waals surface area contributed by atoms with Gasteiger partial charge < -0.3 is 15.1 Å². The Morgan fingerprint density at radius 1 is 0.967 bits per heavy atom. The third-order valence-electron chi connectivity index (χ3n) is 4.46. The molecule has 0 bridgehead atoms. The molecule has 0 radical (unpaired) electrons. The van der Waals surface area contributed by atoms with Crippen LogP contribution in [0.4, 0.5) is 11.7 Å². The number of carbonyl (C=O) groups excluding carboxylic acids is 1. The fourth-order valence-electron chi connectivity index (χ4n) is 3.09. The molecule has 0 saturated heterocycles. The molecule has 1 atom stereocenters. The maximum Gasteiger partial charge on any atom is 0.317 e. The first-order chi connectivity index (χ1) is 14.8. The molecular weight excluding hydrogens is 382 g/mol. The Bertz CT molecular complexity index is 1220. The van der Waals surface area contributed by atoms with Crippen molar-refractivity contribution in [1.29, 1.82) is 0 Å². The van der Waals surface area contributed by atoms with Crippen molar-refractivity contribution in [3.8, 4) is 11.6 Å². The van der Waals surface area contributed by atoms with E-state index in [9.17, 15) is 4.79 Å². The average molecular weight is 397 g/mol. The lowest BCUT2D eigenvalue weighted by Gasteiger charge is -2.11. The van der Waals surface area contributed by atoms with E-state index in [1.165, 1.54) is 12.4 Å². The molecule has 30 heavy (non-hydrogen) atoms. The minimum absolute atomic E-state index is 0.0536. The van der Waals surface area contributed by atoms with E-state index in [0.717, 1.165) is 11.1 Å². The maximum absolute atomic E-state index is 12.8. The van der Waals surface area contributed by atoms with Crippen LogP contribution < -0.4 is 10.6 Å². The van der Waals surface area contributed by atoms with Gasteiger partial charge in [-0.3, -0.25) is 9.78 Å². The van der Waals surface area contributed by atoms with Crippen LogP contribution in [0.5, 0.6) is 0 Å². The van der Waals surface area contributed by atoms with Crippen molar-refractivity contribution in [3.63, 3.8) is 0 Å². The first-order valence-corrected chi connectivity index (χ1v) is 9.18. The van der Waals surface area contributed by atoms with E-state index in [4.69, 9.17) is 4.42 Å². The molecule has 0 unspecified atom stereocenters. The van der Waals surface area contributed by atoms with Crippen LogP contribution in [-0.2, 0) is 4.79 Å². The Kier molecular flexibility index (Phi) is 4.45. The number of carbonyl (C=O) groups is 1. The zero-order valence-corrected chi connectivity index (χ0v) is 15.6. The summed E-state index contributed by atoms with van der Waals surface area (Å²) in [4.78, 5) is 25.6. The van der Waals surface area contributed by atoms with E-state index in [-0.39, 0.29) is 17.8 Å². The number of hydrogen-bond donors (Lipinski definition) is 2. The van der Waals surface area contributed by atoms with Crippen LogP contribution in [0.1, 0.15) is 11.1 Å². The normalized spacial score (nSPS) is 15.5. The lowest BCUT2D eigenvalue weighted by Crippen LogP contribution is -2.32. The van der Waals surface area contributed by atoms with Gasteiger partial charge in [0.15, 0.2) is 0 Å². The van der Waals surface area contributed by atoms with Gasteiger partial charge in [0.05, 0.1) is 17.6 Å². The predicted molar refractivity (Wildman–Crippen MR) is 110 cm³/mol. The zero-order chi connectivity index (χ0) is 20.3. The molecule has 1 aliphatic rings. The fraction of sp³-hybridized carbons (Fsp3) is 0.0476. The minimum Gasteiger partial charge on any atom is -0.402 e. The molecule has 0 spiro atoms. The van der Waals surface area contributed by atoms with Crippen molar-refractivity contribution >= 4 is 23.3 Å². The molecule has 1 aliphatic heterocycles. The van der Waals surface area contributed by atoms with Crippen molar-refractivity contribution in [2.75, 3.05) is 10.6 Å². The summed E-state index contributed by atoms with van der Waals surface area (Å²) < 4.78 is 5.59. The Hall–Kier alpha value is -4.40. The standard InChI is InChI=1S/C21H15N7O2/c29-19-18(26-21-28-27-20(30-21)16-12-22-10-11-23-16)25-17(13-6-2-1-3-7-13)14-8-4-5-9-15(14)24-19/h1-12,18H,(H,24,29)(H,26,28)/t18-/m1/s1. The summed E-state index contributed by atoms with van der Waals surface area (Å²) in [6, 6.07) is 17.3. The summed E-state index contributed by atoms with van der Waals surface area (Å²) in [5, 5.41) is 13.7. The summed E-state index contributed by atoms with van der Waals surface area (Å²) >= 11 is 0. The van der Waals surface area contributed by atoms with Crippen molar-refractivity contribution in [2.24, 2.45) is 4.99 Å². The Labute approximate surface area is 170 Å². The van der Waals surface area contributed by atoms with Crippen LogP contribution in [-0.4, -0.2) is 37.9 Å². The molecule has 2 N–H and O–H groups in total. The number of amides is 1. The first kappa shape index (κ1) is 17.7. The van der Waals surface area contributed by atoms with E-state index in [1.54, 1.807) is 6.20 Å². The molecule has 0 saturated carbocycles. The van der Waals surface area contributed by atoms with Crippen molar-refractivity contribution < 1.29 is 9.21 Å². The molecule has 4 aromatic rings.